The van der Waals surface area contributed by atoms with E-state index in [1.165, 1.54) is 72.9 Å². The lowest BCUT2D eigenvalue weighted by Gasteiger charge is -2.17. The van der Waals surface area contributed by atoms with Gasteiger partial charge in [-0.15, -0.1) is 0 Å². The van der Waals surface area contributed by atoms with E-state index in [1.807, 2.05) is 0 Å². The van der Waals surface area contributed by atoms with Crippen molar-refractivity contribution in [1.29, 1.82) is 0 Å². The first kappa shape index (κ1) is 28.5. The Balaban J connectivity index is 1.45. The minimum absolute atomic E-state index is 0.754. The first-order chi connectivity index (χ1) is 23.2. The molecule has 0 spiro atoms. The van der Waals surface area contributed by atoms with Crippen LogP contribution in [0.4, 0.5) is 0 Å². The molecule has 0 N–H and O–H groups in total. The number of hydrogen-bond donors (Lipinski definition) is 0. The Morgan fingerprint density at radius 2 is 1.02 bits per heavy atom. The zero-order valence-corrected chi connectivity index (χ0v) is 26.7. The van der Waals surface area contributed by atoms with Crippen molar-refractivity contribution in [3.63, 3.8) is 0 Å². The average molecular weight is 607 g/mol. The van der Waals surface area contributed by atoms with Gasteiger partial charge in [-0.05, 0) is 64.7 Å². The summed E-state index contributed by atoms with van der Waals surface area (Å²) >= 11 is 0. The highest BCUT2D eigenvalue weighted by molar-refractivity contribution is 5.98. The summed E-state index contributed by atoms with van der Waals surface area (Å²) < 4.78 is 6.84. The third kappa shape index (κ3) is 5.16. The molecule has 0 saturated carbocycles. The largest absolute Gasteiger partial charge is 0.223 e. The molecule has 0 bridgehead atoms. The van der Waals surface area contributed by atoms with Crippen molar-refractivity contribution in [3.8, 4) is 44.9 Å². The maximum atomic E-state index is 2.39. The highest BCUT2D eigenvalue weighted by Crippen LogP contribution is 2.42. The number of benzene rings is 4. The predicted octanol–water partition coefficient (Wildman–Crippen LogP) is 8.26. The molecule has 0 amide bonds. The molecule has 4 aromatic carbocycles. The van der Waals surface area contributed by atoms with Crippen LogP contribution < -0.4 is 13.7 Å². The normalized spacial score (nSPS) is 12.8. The van der Waals surface area contributed by atoms with Crippen LogP contribution in [0.3, 0.4) is 0 Å². The van der Waals surface area contributed by atoms with Gasteiger partial charge in [0.05, 0.1) is 16.7 Å². The van der Waals surface area contributed by atoms with E-state index in [0.717, 1.165) is 6.42 Å². The second kappa shape index (κ2) is 12.1. The quantitative estimate of drug-likeness (QED) is 0.169. The van der Waals surface area contributed by atoms with Crippen LogP contribution in [0.25, 0.3) is 56.2 Å². The van der Waals surface area contributed by atoms with E-state index in [0.29, 0.717) is 0 Å². The summed E-state index contributed by atoms with van der Waals surface area (Å²) in [5.41, 5.74) is 16.0. The molecule has 1 aliphatic rings. The van der Waals surface area contributed by atoms with E-state index in [1.54, 1.807) is 0 Å². The van der Waals surface area contributed by atoms with Gasteiger partial charge in [0, 0.05) is 54.0 Å². The third-order valence-electron chi connectivity index (χ3n) is 9.34. The fourth-order valence-electron chi connectivity index (χ4n) is 7.07. The second-order valence-electron chi connectivity index (χ2n) is 12.2. The molecule has 47 heavy (non-hydrogen) atoms. The van der Waals surface area contributed by atoms with Crippen LogP contribution in [0.2, 0.25) is 0 Å². The van der Waals surface area contributed by atoms with Gasteiger partial charge in [0.15, 0.2) is 18.6 Å². The monoisotopic (exact) mass is 606 g/mol. The van der Waals surface area contributed by atoms with Gasteiger partial charge in [0.2, 0.25) is 22.8 Å². The van der Waals surface area contributed by atoms with Crippen molar-refractivity contribution in [2.45, 2.75) is 6.42 Å². The summed E-state index contributed by atoms with van der Waals surface area (Å²) in [4.78, 5) is 0. The van der Waals surface area contributed by atoms with Gasteiger partial charge in [-0.1, -0.05) is 72.8 Å². The fourth-order valence-corrected chi connectivity index (χ4v) is 7.07. The summed E-state index contributed by atoms with van der Waals surface area (Å²) in [5, 5.41) is 0. The molecule has 224 valence electrons. The van der Waals surface area contributed by atoms with E-state index in [-0.39, 0.29) is 0 Å². The van der Waals surface area contributed by atoms with Crippen molar-refractivity contribution in [1.82, 2.24) is 0 Å². The molecule has 0 aliphatic carbocycles. The van der Waals surface area contributed by atoms with E-state index in [2.05, 4.69) is 198 Å². The molecule has 3 heteroatoms. The number of pyridine rings is 3. The molecule has 0 unspecified atom stereocenters. The van der Waals surface area contributed by atoms with Crippen molar-refractivity contribution >= 4 is 11.3 Å². The number of allylic oxidation sites excluding steroid dienone is 1. The van der Waals surface area contributed by atoms with Crippen LogP contribution in [0.1, 0.15) is 16.7 Å². The topological polar surface area (TPSA) is 11.6 Å². The van der Waals surface area contributed by atoms with Gasteiger partial charge >= 0.3 is 0 Å². The molecule has 0 atom stereocenters. The zero-order chi connectivity index (χ0) is 31.7. The number of nitrogens with zero attached hydrogens (tertiary/aromatic N) is 3. The van der Waals surface area contributed by atoms with Crippen LogP contribution in [0.5, 0.6) is 0 Å². The first-order valence-corrected chi connectivity index (χ1v) is 16.2. The first-order valence-electron chi connectivity index (χ1n) is 16.2. The summed E-state index contributed by atoms with van der Waals surface area (Å²) in [7, 11) is 4.27. The lowest BCUT2D eigenvalue weighted by molar-refractivity contribution is -0.660. The van der Waals surface area contributed by atoms with E-state index in [9.17, 15) is 0 Å². The van der Waals surface area contributed by atoms with Gasteiger partial charge in [0.25, 0.3) is 0 Å². The Morgan fingerprint density at radius 3 is 1.74 bits per heavy atom. The smallest absolute Gasteiger partial charge is 0.201 e. The summed E-state index contributed by atoms with van der Waals surface area (Å²) in [6, 6.07) is 54.8. The van der Waals surface area contributed by atoms with Crippen LogP contribution in [0, 0.1) is 0 Å². The summed E-state index contributed by atoms with van der Waals surface area (Å²) in [6.07, 6.45) is 7.24. The Labute approximate surface area is 276 Å². The number of aryl methyl sites for hydroxylation is 2. The van der Waals surface area contributed by atoms with Crippen molar-refractivity contribution < 1.29 is 13.7 Å². The number of rotatable bonds is 6. The van der Waals surface area contributed by atoms with Crippen molar-refractivity contribution in [3.05, 3.63) is 187 Å². The standard InChI is InChI=1S/C44H36N3/c1-45-27-13-10-22-41(45)35-19-7-6-18-34(35)31-40(44-38-21-9-8-20-37(38)43-24-12-15-29-47(43)44)36-26-25-33(32-16-4-3-5-17-32)30-39(36)42-23-11-14-28-46(42)2/h3-30H,31H2,1-2H3/q+3/b44-40-. The molecule has 0 fully saturated rings. The van der Waals surface area contributed by atoms with E-state index in [4.69, 9.17) is 0 Å². The molecule has 0 radical (unpaired) electrons. The van der Waals surface area contributed by atoms with Crippen LogP contribution >= 0.6 is 0 Å². The Bertz CT molecular complexity index is 2250. The summed E-state index contributed by atoms with van der Waals surface area (Å²) in [5.74, 6) is 0. The predicted molar refractivity (Wildman–Crippen MR) is 190 cm³/mol. The maximum Gasteiger partial charge on any atom is 0.223 e. The van der Waals surface area contributed by atoms with Crippen LogP contribution in [0.15, 0.2) is 170 Å². The molecule has 7 aromatic rings. The molecule has 4 heterocycles. The molecule has 8 rings (SSSR count). The van der Waals surface area contributed by atoms with E-state index < -0.39 is 0 Å². The van der Waals surface area contributed by atoms with Crippen LogP contribution in [-0.4, -0.2) is 0 Å². The lowest BCUT2D eigenvalue weighted by atomic mass is 9.86. The number of fused-ring (bicyclic) bond motifs is 3. The van der Waals surface area contributed by atoms with Gasteiger partial charge in [0.1, 0.15) is 14.1 Å². The molecule has 3 aromatic heterocycles. The summed E-state index contributed by atoms with van der Waals surface area (Å²) in [6.45, 7) is 0. The molecule has 1 aliphatic heterocycles. The average Bonchev–Trinajstić information content (AvgIpc) is 3.46. The molecule has 0 saturated heterocycles. The highest BCUT2D eigenvalue weighted by Gasteiger charge is 2.36. The third-order valence-corrected chi connectivity index (χ3v) is 9.34. The Hall–Kier alpha value is -5.93. The maximum absolute atomic E-state index is 2.39. The van der Waals surface area contributed by atoms with Gasteiger partial charge in [-0.2, -0.15) is 4.57 Å². The van der Waals surface area contributed by atoms with Gasteiger partial charge in [-0.25, -0.2) is 9.13 Å². The van der Waals surface area contributed by atoms with Crippen molar-refractivity contribution in [2.24, 2.45) is 14.1 Å². The minimum Gasteiger partial charge on any atom is -0.201 e. The Morgan fingerprint density at radius 1 is 0.447 bits per heavy atom. The zero-order valence-electron chi connectivity index (χ0n) is 26.7. The van der Waals surface area contributed by atoms with Gasteiger partial charge in [-0.3, -0.25) is 0 Å². The molecular formula is C44H36N3+3. The lowest BCUT2D eigenvalue weighted by Crippen LogP contribution is -2.32. The molecule has 3 nitrogen and oxygen atoms in total. The second-order valence-corrected chi connectivity index (χ2v) is 12.2. The van der Waals surface area contributed by atoms with Crippen molar-refractivity contribution in [2.75, 3.05) is 0 Å². The number of hydrogen-bond acceptors (Lipinski definition) is 0. The highest BCUT2D eigenvalue weighted by atomic mass is 15.0. The fraction of sp³-hybridized carbons (Fsp3) is 0.0682. The van der Waals surface area contributed by atoms with E-state index >= 15 is 0 Å². The van der Waals surface area contributed by atoms with Crippen LogP contribution in [-0.2, 0) is 20.5 Å². The SMILES string of the molecule is C[n+]1ccccc1-c1ccccc1C/C(=C1\c2ccccc2-c2cccc[n+]21)c1ccc(-c2ccccc2)cc1-c1cccc[n+]1C. The molecular weight excluding hydrogens is 571 g/mol. The minimum atomic E-state index is 0.754. The Kier molecular flexibility index (Phi) is 7.35. The number of aromatic nitrogens is 3. The van der Waals surface area contributed by atoms with Gasteiger partial charge < -0.3 is 0 Å².